The van der Waals surface area contributed by atoms with E-state index in [1.54, 1.807) is 0 Å². The zero-order valence-corrected chi connectivity index (χ0v) is 10.7. The summed E-state index contributed by atoms with van der Waals surface area (Å²) in [6.07, 6.45) is 2.78. The normalized spacial score (nSPS) is 8.47. The second-order valence-electron chi connectivity index (χ2n) is 2.55. The summed E-state index contributed by atoms with van der Waals surface area (Å²) in [5.41, 5.74) is 0.231. The van der Waals surface area contributed by atoms with Gasteiger partial charge in [-0.3, -0.25) is 10.2 Å². The predicted octanol–water partition coefficient (Wildman–Crippen LogP) is 0.216. The van der Waals surface area contributed by atoms with Gasteiger partial charge in [-0.15, -0.1) is 0 Å². The number of hydrogen-bond donors (Lipinski definition) is 4. The number of nitrogens with zero attached hydrogens (tertiary/aromatic N) is 2. The van der Waals surface area contributed by atoms with Crippen LogP contribution in [0.1, 0.15) is 21.0 Å². The first-order valence-corrected chi connectivity index (χ1v) is 4.06. The molecule has 2 rings (SSSR count). The van der Waals surface area contributed by atoms with Crippen molar-refractivity contribution < 1.29 is 69.2 Å². The third-order valence-electron chi connectivity index (χ3n) is 1.46. The number of rotatable bonds is 2. The Morgan fingerprint density at radius 2 is 1.29 bits per heavy atom. The molecule has 0 aliphatic carbocycles. The SMILES string of the molecule is O=C(O)c1ccn[nH]1.O=C(O)c1ccn[nH]1.[Eu]. The Bertz CT molecular complexity index is 410. The number of carboxylic acid groups (broad SMARTS) is 2. The largest absolute Gasteiger partial charge is 0.477 e. The zero-order valence-electron chi connectivity index (χ0n) is 8.29. The van der Waals surface area contributed by atoms with Gasteiger partial charge < -0.3 is 10.2 Å². The van der Waals surface area contributed by atoms with Crippen LogP contribution in [0.3, 0.4) is 0 Å². The first-order valence-electron chi connectivity index (χ1n) is 4.06. The number of carboxylic acids is 2. The van der Waals surface area contributed by atoms with Crippen LogP contribution in [-0.4, -0.2) is 42.5 Å². The fraction of sp³-hybridized carbons (Fsp3) is 0. The van der Waals surface area contributed by atoms with Gasteiger partial charge in [-0.1, -0.05) is 0 Å². The van der Waals surface area contributed by atoms with Gasteiger partial charge in [-0.25, -0.2) is 9.59 Å². The average Bonchev–Trinajstić information content (AvgIpc) is 2.93. The molecule has 4 N–H and O–H groups in total. The first-order chi connectivity index (χ1) is 7.61. The fourth-order valence-corrected chi connectivity index (χ4v) is 0.750. The Kier molecular flexibility index (Phi) is 7.59. The van der Waals surface area contributed by atoms with Crippen molar-refractivity contribution in [3.05, 3.63) is 35.9 Å². The van der Waals surface area contributed by atoms with E-state index in [1.165, 1.54) is 24.5 Å². The fourth-order valence-electron chi connectivity index (χ4n) is 0.750. The van der Waals surface area contributed by atoms with Crippen molar-refractivity contribution >= 4 is 11.9 Å². The molecule has 0 atom stereocenters. The van der Waals surface area contributed by atoms with Crippen LogP contribution < -0.4 is 0 Å². The van der Waals surface area contributed by atoms with Crippen LogP contribution in [0.2, 0.25) is 0 Å². The Labute approximate surface area is 136 Å². The number of hydrogen-bond acceptors (Lipinski definition) is 4. The third kappa shape index (κ3) is 5.71. The molecule has 0 amide bonds. The molecule has 0 unspecified atom stereocenters. The molecule has 9 heteroatoms. The van der Waals surface area contributed by atoms with Crippen LogP contribution in [0.4, 0.5) is 0 Å². The van der Waals surface area contributed by atoms with Crippen LogP contribution in [0.5, 0.6) is 0 Å². The van der Waals surface area contributed by atoms with E-state index in [4.69, 9.17) is 10.2 Å². The average molecular weight is 376 g/mol. The van der Waals surface area contributed by atoms with Crippen molar-refractivity contribution in [3.63, 3.8) is 0 Å². The number of H-pyrrole nitrogens is 2. The van der Waals surface area contributed by atoms with Gasteiger partial charge in [0.1, 0.15) is 11.4 Å². The molecule has 0 aliphatic rings. The minimum Gasteiger partial charge on any atom is -0.477 e. The molecule has 0 bridgehead atoms. The molecule has 0 saturated carbocycles. The molecule has 2 aromatic heterocycles. The Morgan fingerprint density at radius 1 is 0.941 bits per heavy atom. The molecule has 0 spiro atoms. The minimum absolute atomic E-state index is 0. The van der Waals surface area contributed by atoms with Crippen molar-refractivity contribution in [2.24, 2.45) is 0 Å². The van der Waals surface area contributed by atoms with E-state index >= 15 is 0 Å². The van der Waals surface area contributed by atoms with Crippen molar-refractivity contribution in [2.75, 3.05) is 0 Å². The maximum absolute atomic E-state index is 9.99. The summed E-state index contributed by atoms with van der Waals surface area (Å²) in [6.45, 7) is 0. The van der Waals surface area contributed by atoms with Crippen LogP contribution in [0.25, 0.3) is 0 Å². The molecule has 0 aromatic carbocycles. The standard InChI is InChI=1S/2C4H4N2O2.Eu/c2*7-4(8)3-1-2-5-6-3;/h2*1-2H,(H,5,6)(H,7,8);. The van der Waals surface area contributed by atoms with E-state index in [2.05, 4.69) is 20.4 Å². The molecule has 2 heterocycles. The molecule has 0 aliphatic heterocycles. The molecule has 8 nitrogen and oxygen atoms in total. The molecular weight excluding hydrogens is 368 g/mol. The van der Waals surface area contributed by atoms with Crippen molar-refractivity contribution in [2.45, 2.75) is 0 Å². The number of aromatic carboxylic acids is 2. The maximum atomic E-state index is 9.99. The number of aromatic amines is 2. The second kappa shape index (κ2) is 8.10. The summed E-state index contributed by atoms with van der Waals surface area (Å²) in [5.74, 6) is -1.97. The van der Waals surface area contributed by atoms with Gasteiger partial charge in [0, 0.05) is 61.8 Å². The van der Waals surface area contributed by atoms with Gasteiger partial charge in [0.05, 0.1) is 0 Å². The summed E-state index contributed by atoms with van der Waals surface area (Å²) in [7, 11) is 0. The second-order valence-corrected chi connectivity index (χ2v) is 2.55. The van der Waals surface area contributed by atoms with E-state index in [0.717, 1.165) is 0 Å². The Balaban J connectivity index is 0.000000284. The molecule has 17 heavy (non-hydrogen) atoms. The smallest absolute Gasteiger partial charge is 0.353 e. The van der Waals surface area contributed by atoms with Crippen LogP contribution in [0.15, 0.2) is 24.5 Å². The third-order valence-corrected chi connectivity index (χ3v) is 1.46. The van der Waals surface area contributed by atoms with Gasteiger partial charge in [-0.05, 0) is 12.1 Å². The first kappa shape index (κ1) is 15.9. The van der Waals surface area contributed by atoms with Gasteiger partial charge >= 0.3 is 11.9 Å². The van der Waals surface area contributed by atoms with E-state index in [-0.39, 0.29) is 60.8 Å². The van der Waals surface area contributed by atoms with Gasteiger partial charge in [0.25, 0.3) is 0 Å². The number of nitrogens with one attached hydrogen (secondary N) is 2. The molecule has 0 saturated heterocycles. The number of carbonyl (C=O) groups is 2. The van der Waals surface area contributed by atoms with Crippen molar-refractivity contribution in [1.82, 2.24) is 20.4 Å². The maximum Gasteiger partial charge on any atom is 0.353 e. The van der Waals surface area contributed by atoms with Crippen molar-refractivity contribution in [3.8, 4) is 0 Å². The predicted molar refractivity (Wildman–Crippen MR) is 51.1 cm³/mol. The van der Waals surface area contributed by atoms with Gasteiger partial charge in [0.15, 0.2) is 0 Å². The summed E-state index contributed by atoms with van der Waals surface area (Å²) < 4.78 is 0. The van der Waals surface area contributed by atoms with Crippen LogP contribution >= 0.6 is 0 Å². The van der Waals surface area contributed by atoms with Gasteiger partial charge in [-0.2, -0.15) is 10.2 Å². The van der Waals surface area contributed by atoms with E-state index in [0.29, 0.717) is 0 Å². The van der Waals surface area contributed by atoms with Crippen LogP contribution in [0, 0.1) is 49.4 Å². The monoisotopic (exact) mass is 377 g/mol. The molecular formula is C8H8EuN4O4. The van der Waals surface area contributed by atoms with E-state index in [9.17, 15) is 9.59 Å². The topological polar surface area (TPSA) is 132 Å². The Hall–Kier alpha value is -1.06. The van der Waals surface area contributed by atoms with Crippen LogP contribution in [-0.2, 0) is 0 Å². The molecule has 0 fully saturated rings. The summed E-state index contributed by atoms with van der Waals surface area (Å²) in [6, 6.07) is 2.78. The molecule has 91 valence electrons. The Morgan fingerprint density at radius 3 is 1.41 bits per heavy atom. The summed E-state index contributed by atoms with van der Waals surface area (Å²) >= 11 is 0. The summed E-state index contributed by atoms with van der Waals surface area (Å²) in [4.78, 5) is 20.0. The minimum atomic E-state index is -0.984. The zero-order chi connectivity index (χ0) is 12.0. The number of aromatic nitrogens is 4. The van der Waals surface area contributed by atoms with E-state index < -0.39 is 11.9 Å². The quantitative estimate of drug-likeness (QED) is 0.593. The van der Waals surface area contributed by atoms with E-state index in [1.807, 2.05) is 0 Å². The van der Waals surface area contributed by atoms with Crippen molar-refractivity contribution in [1.29, 1.82) is 0 Å². The molecule has 2 aromatic rings. The summed E-state index contributed by atoms with van der Waals surface area (Å²) in [5, 5.41) is 27.9. The van der Waals surface area contributed by atoms with Gasteiger partial charge in [0.2, 0.25) is 0 Å². The molecule has 1 radical (unpaired) electrons.